The van der Waals surface area contributed by atoms with Gasteiger partial charge in [-0.3, -0.25) is 4.79 Å². The zero-order valence-electron chi connectivity index (χ0n) is 20.7. The second kappa shape index (κ2) is 8.74. The number of aryl methyl sites for hydroxylation is 1. The number of rotatable bonds is 6. The second-order valence-electron chi connectivity index (χ2n) is 10.2. The van der Waals surface area contributed by atoms with Gasteiger partial charge in [0.05, 0.1) is 40.8 Å². The summed E-state index contributed by atoms with van der Waals surface area (Å²) in [5.74, 6) is -1.66. The number of benzene rings is 1. The summed E-state index contributed by atoms with van der Waals surface area (Å²) in [7, 11) is 2.03. The summed E-state index contributed by atoms with van der Waals surface area (Å²) in [6.07, 6.45) is 5.03. The van der Waals surface area contributed by atoms with E-state index in [0.29, 0.717) is 42.9 Å². The Kier molecular flexibility index (Phi) is 5.61. The van der Waals surface area contributed by atoms with E-state index in [2.05, 4.69) is 19.9 Å². The molecule has 0 bridgehead atoms. The molecule has 2 fully saturated rings. The van der Waals surface area contributed by atoms with Crippen LogP contribution in [0.3, 0.4) is 0 Å². The van der Waals surface area contributed by atoms with Crippen LogP contribution in [0.2, 0.25) is 0 Å². The van der Waals surface area contributed by atoms with Gasteiger partial charge in [0.15, 0.2) is 0 Å². The third-order valence-electron chi connectivity index (χ3n) is 7.49. The van der Waals surface area contributed by atoms with Crippen molar-refractivity contribution in [2.24, 2.45) is 5.73 Å². The number of amides is 1. The summed E-state index contributed by atoms with van der Waals surface area (Å²) in [6.45, 7) is 4.11. The molecule has 6 rings (SSSR count). The first-order valence-electron chi connectivity index (χ1n) is 12.4. The van der Waals surface area contributed by atoms with Crippen LogP contribution < -0.4 is 5.73 Å². The Labute approximate surface area is 212 Å². The molecule has 1 aromatic carbocycles. The zero-order chi connectivity index (χ0) is 25.9. The molecule has 1 amide bonds. The molecule has 4 heterocycles. The highest BCUT2D eigenvalue weighted by molar-refractivity contribution is 5.89. The molecule has 3 aromatic heterocycles. The molecule has 8 nitrogen and oxygen atoms in total. The zero-order valence-corrected chi connectivity index (χ0v) is 20.7. The van der Waals surface area contributed by atoms with Crippen molar-refractivity contribution in [3.05, 3.63) is 65.2 Å². The number of hydrogen-bond acceptors (Lipinski definition) is 5. The minimum Gasteiger partial charge on any atom is -0.375 e. The third kappa shape index (κ3) is 4.10. The van der Waals surface area contributed by atoms with Crippen LogP contribution in [0, 0.1) is 18.6 Å². The lowest BCUT2D eigenvalue weighted by Gasteiger charge is -2.30. The number of H-pyrrole nitrogens is 1. The fraction of sp³-hybridized carbons (Fsp3) is 0.370. The van der Waals surface area contributed by atoms with Crippen LogP contribution >= 0.6 is 0 Å². The van der Waals surface area contributed by atoms with Crippen molar-refractivity contribution in [2.75, 3.05) is 26.7 Å². The molecule has 37 heavy (non-hydrogen) atoms. The van der Waals surface area contributed by atoms with E-state index in [1.807, 2.05) is 36.7 Å². The molecule has 1 aliphatic heterocycles. The minimum atomic E-state index is -0.787. The van der Waals surface area contributed by atoms with E-state index in [9.17, 15) is 4.79 Å². The molecule has 1 saturated carbocycles. The highest BCUT2D eigenvalue weighted by Gasteiger charge is 2.52. The number of morpholine rings is 1. The average Bonchev–Trinajstić information content (AvgIpc) is 3.39. The van der Waals surface area contributed by atoms with Gasteiger partial charge in [0.25, 0.3) is 0 Å². The van der Waals surface area contributed by atoms with Gasteiger partial charge >= 0.3 is 0 Å². The first kappa shape index (κ1) is 23.7. The Balaban J connectivity index is 1.41. The number of nitrogens with one attached hydrogen (secondary N) is 1. The molecule has 0 spiro atoms. The summed E-state index contributed by atoms with van der Waals surface area (Å²) >= 11 is 0. The Hall–Kier alpha value is -3.63. The summed E-state index contributed by atoms with van der Waals surface area (Å²) in [5, 5.41) is 0. The van der Waals surface area contributed by atoms with Gasteiger partial charge in [0.2, 0.25) is 5.91 Å². The maximum absolute atomic E-state index is 15.6. The van der Waals surface area contributed by atoms with Gasteiger partial charge in [0.1, 0.15) is 23.1 Å². The monoisotopic (exact) mass is 506 g/mol. The predicted octanol–water partition coefficient (Wildman–Crippen LogP) is 3.37. The number of carbonyl (C=O) groups is 1. The van der Waals surface area contributed by atoms with Crippen molar-refractivity contribution >= 4 is 11.6 Å². The summed E-state index contributed by atoms with van der Waals surface area (Å²) in [5.41, 5.74) is 7.87. The Morgan fingerprint density at radius 2 is 2.00 bits per heavy atom. The predicted molar refractivity (Wildman–Crippen MR) is 134 cm³/mol. The highest BCUT2D eigenvalue weighted by atomic mass is 19.1. The number of carbonyl (C=O) groups excluding carboxylic acids is 1. The lowest BCUT2D eigenvalue weighted by Crippen LogP contribution is -2.41. The maximum atomic E-state index is 15.6. The number of fused-ring (bicyclic) bond motifs is 1. The normalized spacial score (nSPS) is 19.4. The van der Waals surface area contributed by atoms with E-state index < -0.39 is 23.0 Å². The van der Waals surface area contributed by atoms with Crippen LogP contribution in [0.25, 0.3) is 28.3 Å². The molecule has 4 aromatic rings. The molecule has 3 N–H and O–H groups in total. The number of imidazole rings is 2. The lowest BCUT2D eigenvalue weighted by molar-refractivity contribution is -0.120. The molecule has 0 radical (unpaired) electrons. The average molecular weight is 507 g/mol. The molecule has 2 aliphatic rings. The number of aromatic amines is 1. The van der Waals surface area contributed by atoms with E-state index in [0.717, 1.165) is 18.7 Å². The lowest BCUT2D eigenvalue weighted by atomic mass is 10.0. The summed E-state index contributed by atoms with van der Waals surface area (Å²) in [4.78, 5) is 26.1. The van der Waals surface area contributed by atoms with Crippen LogP contribution in [0.1, 0.15) is 29.8 Å². The molecule has 1 atom stereocenters. The third-order valence-corrected chi connectivity index (χ3v) is 7.49. The van der Waals surface area contributed by atoms with Crippen LogP contribution in [-0.2, 0) is 21.4 Å². The molecular weight excluding hydrogens is 478 g/mol. The molecule has 192 valence electrons. The van der Waals surface area contributed by atoms with Gasteiger partial charge < -0.3 is 24.8 Å². The molecule has 1 unspecified atom stereocenters. The number of hydrogen-bond donors (Lipinski definition) is 2. The topological polar surface area (TPSA) is 102 Å². The number of pyridine rings is 1. The van der Waals surface area contributed by atoms with E-state index in [4.69, 9.17) is 10.5 Å². The minimum absolute atomic E-state index is 0.120. The first-order chi connectivity index (χ1) is 17.7. The molecule has 1 saturated heterocycles. The quantitative estimate of drug-likeness (QED) is 0.418. The van der Waals surface area contributed by atoms with E-state index >= 15 is 8.78 Å². The molecule has 1 aliphatic carbocycles. The fourth-order valence-electron chi connectivity index (χ4n) is 5.20. The van der Waals surface area contributed by atoms with Crippen molar-refractivity contribution < 1.29 is 18.3 Å². The Morgan fingerprint density at radius 1 is 1.24 bits per heavy atom. The van der Waals surface area contributed by atoms with Crippen LogP contribution in [0.4, 0.5) is 8.78 Å². The highest BCUT2D eigenvalue weighted by Crippen LogP contribution is 2.47. The Bertz CT molecular complexity index is 1500. The van der Waals surface area contributed by atoms with Crippen LogP contribution in [0.5, 0.6) is 0 Å². The van der Waals surface area contributed by atoms with E-state index in [1.54, 1.807) is 6.20 Å². The van der Waals surface area contributed by atoms with Crippen LogP contribution in [0.15, 0.2) is 36.7 Å². The van der Waals surface area contributed by atoms with Crippen molar-refractivity contribution in [3.8, 4) is 22.6 Å². The van der Waals surface area contributed by atoms with Gasteiger partial charge in [-0.05, 0) is 56.6 Å². The summed E-state index contributed by atoms with van der Waals surface area (Å²) < 4.78 is 39.1. The number of aromatic nitrogens is 4. The van der Waals surface area contributed by atoms with Crippen molar-refractivity contribution in [1.82, 2.24) is 24.3 Å². The van der Waals surface area contributed by atoms with Gasteiger partial charge in [-0.15, -0.1) is 0 Å². The standard InChI is InChI=1S/C27H28F2N6O2/c1-15-3-6-35-20(12-17-14-34(2)7-8-37-17)24(33-22(35)9-15)23-18(28)10-16(11-19(23)29)25-31-13-21(32-25)27(4-5-27)26(30)36/h3,6,9-11,13,17H,4-5,7-8,12,14H2,1-2H3,(H2,30,36)(H,31,32). The number of nitrogens with two attached hydrogens (primary N) is 1. The number of ether oxygens (including phenoxy) is 1. The number of nitrogens with zero attached hydrogens (tertiary/aromatic N) is 4. The number of primary amides is 1. The van der Waals surface area contributed by atoms with E-state index in [1.165, 1.54) is 12.1 Å². The van der Waals surface area contributed by atoms with Crippen molar-refractivity contribution in [1.29, 1.82) is 0 Å². The van der Waals surface area contributed by atoms with Gasteiger partial charge in [-0.1, -0.05) is 0 Å². The van der Waals surface area contributed by atoms with E-state index in [-0.39, 0.29) is 28.7 Å². The van der Waals surface area contributed by atoms with Crippen molar-refractivity contribution in [3.63, 3.8) is 0 Å². The molecule has 10 heteroatoms. The Morgan fingerprint density at radius 3 is 2.68 bits per heavy atom. The van der Waals surface area contributed by atoms with Gasteiger partial charge in [-0.2, -0.15) is 0 Å². The maximum Gasteiger partial charge on any atom is 0.229 e. The first-order valence-corrected chi connectivity index (χ1v) is 12.4. The smallest absolute Gasteiger partial charge is 0.229 e. The number of likely N-dealkylation sites (N-methyl/N-ethyl adjacent to an activating group) is 1. The SMILES string of the molecule is Cc1ccn2c(CC3CN(C)CCO3)c(-c3c(F)cc(-c4nc(C5(C(N)=O)CC5)c[nH]4)cc3F)nc2c1. The largest absolute Gasteiger partial charge is 0.375 e. The van der Waals surface area contributed by atoms with Crippen molar-refractivity contribution in [2.45, 2.75) is 37.7 Å². The van der Waals surface area contributed by atoms with Gasteiger partial charge in [0, 0.05) is 37.5 Å². The molecular formula is C27H28F2N6O2. The second-order valence-corrected chi connectivity index (χ2v) is 10.2. The van der Waals surface area contributed by atoms with Gasteiger partial charge in [-0.25, -0.2) is 18.7 Å². The number of halogens is 2. The van der Waals surface area contributed by atoms with Crippen LogP contribution in [-0.4, -0.2) is 63.0 Å². The summed E-state index contributed by atoms with van der Waals surface area (Å²) in [6, 6.07) is 6.32. The fourth-order valence-corrected chi connectivity index (χ4v) is 5.20.